The van der Waals surface area contributed by atoms with Crippen molar-refractivity contribution in [1.29, 1.82) is 0 Å². The maximum Gasteiger partial charge on any atom is 0.469 e. The van der Waals surface area contributed by atoms with Gasteiger partial charge < -0.3 is 9.79 Å². The summed E-state index contributed by atoms with van der Waals surface area (Å²) >= 11 is 0. The van der Waals surface area contributed by atoms with Crippen molar-refractivity contribution >= 4 is 7.82 Å². The second-order valence-electron chi connectivity index (χ2n) is 3.15. The molecule has 0 aromatic heterocycles. The van der Waals surface area contributed by atoms with Crippen LogP contribution in [-0.4, -0.2) is 16.4 Å². The lowest BCUT2D eigenvalue weighted by molar-refractivity contribution is 0.152. The second kappa shape index (κ2) is 4.97. The highest BCUT2D eigenvalue weighted by atomic mass is 31.2. The maximum atomic E-state index is 10.3. The number of phosphoric acid groups is 1. The van der Waals surface area contributed by atoms with Crippen molar-refractivity contribution in [3.63, 3.8) is 0 Å². The van der Waals surface area contributed by atoms with Crippen molar-refractivity contribution in [2.24, 2.45) is 11.8 Å². The first-order valence-electron chi connectivity index (χ1n) is 4.07. The number of hydrogen-bond acceptors (Lipinski definition) is 2. The third-order valence-corrected chi connectivity index (χ3v) is 2.61. The van der Waals surface area contributed by atoms with Crippen LogP contribution >= 0.6 is 7.82 Å². The molecule has 0 rings (SSSR count). The van der Waals surface area contributed by atoms with Crippen molar-refractivity contribution in [2.45, 2.75) is 27.2 Å². The summed E-state index contributed by atoms with van der Waals surface area (Å²) in [5.74, 6) is 0.610. The Hall–Kier alpha value is 0.110. The smallest absolute Gasteiger partial charge is 0.303 e. The summed E-state index contributed by atoms with van der Waals surface area (Å²) in [7, 11) is -4.27. The van der Waals surface area contributed by atoms with Gasteiger partial charge in [0.25, 0.3) is 0 Å². The van der Waals surface area contributed by atoms with E-state index in [2.05, 4.69) is 4.52 Å². The van der Waals surface area contributed by atoms with Crippen molar-refractivity contribution in [2.75, 3.05) is 6.61 Å². The molecule has 0 aliphatic rings. The summed E-state index contributed by atoms with van der Waals surface area (Å²) in [6, 6.07) is 0. The second-order valence-corrected chi connectivity index (χ2v) is 4.39. The Labute approximate surface area is 73.2 Å². The summed E-state index contributed by atoms with van der Waals surface area (Å²) in [6.07, 6.45) is 0.992. The van der Waals surface area contributed by atoms with E-state index in [0.717, 1.165) is 6.42 Å². The first kappa shape index (κ1) is 12.1. The van der Waals surface area contributed by atoms with E-state index in [4.69, 9.17) is 9.79 Å². The normalized spacial score (nSPS) is 17.4. The van der Waals surface area contributed by atoms with Gasteiger partial charge >= 0.3 is 7.82 Å². The minimum Gasteiger partial charge on any atom is -0.303 e. The zero-order chi connectivity index (χ0) is 9.78. The zero-order valence-electron chi connectivity index (χ0n) is 7.73. The number of rotatable bonds is 5. The van der Waals surface area contributed by atoms with Gasteiger partial charge in [-0.15, -0.1) is 0 Å². The summed E-state index contributed by atoms with van der Waals surface area (Å²) in [6.45, 7) is 6.12. The van der Waals surface area contributed by atoms with E-state index in [9.17, 15) is 4.57 Å². The van der Waals surface area contributed by atoms with E-state index >= 15 is 0 Å². The number of phosphoric ester groups is 1. The van der Waals surface area contributed by atoms with Crippen LogP contribution in [0.15, 0.2) is 0 Å². The van der Waals surface area contributed by atoms with Crippen LogP contribution in [0.1, 0.15) is 27.2 Å². The standard InChI is InChI=1S/C7H17O4P/c1-4-6(2)7(3)5-11-12(8,9)10/h6-7H,4-5H2,1-3H3,(H2,8,9,10). The van der Waals surface area contributed by atoms with Gasteiger partial charge in [-0.3, -0.25) is 4.52 Å². The third kappa shape index (κ3) is 5.72. The first-order chi connectivity index (χ1) is 5.37. The Morgan fingerprint density at radius 1 is 1.33 bits per heavy atom. The molecule has 2 N–H and O–H groups in total. The molecule has 0 fully saturated rings. The minimum atomic E-state index is -4.27. The zero-order valence-corrected chi connectivity index (χ0v) is 8.62. The molecule has 0 aliphatic heterocycles. The SMILES string of the molecule is CCC(C)C(C)COP(=O)(O)O. The molecule has 0 aromatic carbocycles. The molecular formula is C7H17O4P. The molecule has 0 saturated carbocycles. The number of hydrogen-bond donors (Lipinski definition) is 2. The highest BCUT2D eigenvalue weighted by molar-refractivity contribution is 7.46. The molecule has 0 radical (unpaired) electrons. The van der Waals surface area contributed by atoms with Crippen molar-refractivity contribution < 1.29 is 18.9 Å². The average molecular weight is 196 g/mol. The van der Waals surface area contributed by atoms with Gasteiger partial charge in [-0.05, 0) is 11.8 Å². The van der Waals surface area contributed by atoms with Crippen LogP contribution in [-0.2, 0) is 9.09 Å². The Balaban J connectivity index is 3.71. The molecule has 0 spiro atoms. The lowest BCUT2D eigenvalue weighted by Crippen LogP contribution is -2.13. The molecule has 12 heavy (non-hydrogen) atoms. The van der Waals surface area contributed by atoms with Crippen molar-refractivity contribution in [3.05, 3.63) is 0 Å². The van der Waals surface area contributed by atoms with Gasteiger partial charge in [0.1, 0.15) is 0 Å². The molecule has 5 heteroatoms. The van der Waals surface area contributed by atoms with Crippen LogP contribution in [0.3, 0.4) is 0 Å². The fourth-order valence-corrected chi connectivity index (χ4v) is 1.21. The summed E-state index contributed by atoms with van der Waals surface area (Å²) in [5, 5.41) is 0. The predicted octanol–water partition coefficient (Wildman–Crippen LogP) is 1.78. The van der Waals surface area contributed by atoms with Gasteiger partial charge in [0, 0.05) is 0 Å². The van der Waals surface area contributed by atoms with Gasteiger partial charge in [-0.25, -0.2) is 4.57 Å². The van der Waals surface area contributed by atoms with Crippen LogP contribution in [0.4, 0.5) is 0 Å². The van der Waals surface area contributed by atoms with Crippen molar-refractivity contribution in [3.8, 4) is 0 Å². The molecule has 0 saturated heterocycles. The van der Waals surface area contributed by atoms with Crippen LogP contribution in [0.25, 0.3) is 0 Å². The molecule has 0 bridgehead atoms. The Morgan fingerprint density at radius 3 is 2.17 bits per heavy atom. The first-order valence-corrected chi connectivity index (χ1v) is 5.60. The molecule has 2 atom stereocenters. The Bertz CT molecular complexity index is 165. The molecule has 0 aromatic rings. The van der Waals surface area contributed by atoms with E-state index in [1.54, 1.807) is 0 Å². The lowest BCUT2D eigenvalue weighted by atomic mass is 9.95. The van der Waals surface area contributed by atoms with E-state index in [-0.39, 0.29) is 12.5 Å². The highest BCUT2D eigenvalue weighted by Crippen LogP contribution is 2.36. The van der Waals surface area contributed by atoms with Gasteiger partial charge in [-0.1, -0.05) is 27.2 Å². The maximum absolute atomic E-state index is 10.3. The van der Waals surface area contributed by atoms with Crippen LogP contribution in [0.5, 0.6) is 0 Å². The molecular weight excluding hydrogens is 179 g/mol. The Kier molecular flexibility index (Phi) is 5.02. The lowest BCUT2D eigenvalue weighted by Gasteiger charge is -2.17. The Morgan fingerprint density at radius 2 is 1.83 bits per heavy atom. The van der Waals surface area contributed by atoms with E-state index in [0.29, 0.717) is 5.92 Å². The highest BCUT2D eigenvalue weighted by Gasteiger charge is 2.18. The molecule has 0 heterocycles. The van der Waals surface area contributed by atoms with Crippen LogP contribution in [0.2, 0.25) is 0 Å². The monoisotopic (exact) mass is 196 g/mol. The van der Waals surface area contributed by atoms with Gasteiger partial charge in [0.05, 0.1) is 6.61 Å². The molecule has 0 aliphatic carbocycles. The molecule has 2 unspecified atom stereocenters. The van der Waals surface area contributed by atoms with E-state index in [1.165, 1.54) is 0 Å². The quantitative estimate of drug-likeness (QED) is 0.657. The van der Waals surface area contributed by atoms with E-state index < -0.39 is 7.82 Å². The predicted molar refractivity (Wildman–Crippen MR) is 46.6 cm³/mol. The molecule has 0 amide bonds. The van der Waals surface area contributed by atoms with Gasteiger partial charge in [0.15, 0.2) is 0 Å². The third-order valence-electron chi connectivity index (χ3n) is 2.12. The topological polar surface area (TPSA) is 66.8 Å². The average Bonchev–Trinajstić information content (AvgIpc) is 1.97. The minimum absolute atomic E-state index is 0.124. The van der Waals surface area contributed by atoms with Gasteiger partial charge in [0.2, 0.25) is 0 Å². The molecule has 4 nitrogen and oxygen atoms in total. The van der Waals surface area contributed by atoms with Crippen molar-refractivity contribution in [1.82, 2.24) is 0 Å². The van der Waals surface area contributed by atoms with Crippen LogP contribution in [0, 0.1) is 11.8 Å². The largest absolute Gasteiger partial charge is 0.469 e. The summed E-state index contributed by atoms with van der Waals surface area (Å²) in [5.41, 5.74) is 0. The van der Waals surface area contributed by atoms with E-state index in [1.807, 2.05) is 20.8 Å². The van der Waals surface area contributed by atoms with Crippen LogP contribution < -0.4 is 0 Å². The molecule has 74 valence electrons. The van der Waals surface area contributed by atoms with Gasteiger partial charge in [-0.2, -0.15) is 0 Å². The fourth-order valence-electron chi connectivity index (χ4n) is 0.781. The fraction of sp³-hybridized carbons (Fsp3) is 1.00. The summed E-state index contributed by atoms with van der Waals surface area (Å²) in [4.78, 5) is 16.8. The summed E-state index contributed by atoms with van der Waals surface area (Å²) < 4.78 is 14.7.